The summed E-state index contributed by atoms with van der Waals surface area (Å²) >= 11 is 0. The van der Waals surface area contributed by atoms with Crippen LogP contribution in [0.5, 0.6) is 0 Å². The van der Waals surface area contributed by atoms with Crippen LogP contribution in [-0.4, -0.2) is 24.2 Å². The van der Waals surface area contributed by atoms with Gasteiger partial charge in [0.15, 0.2) is 0 Å². The van der Waals surface area contributed by atoms with Gasteiger partial charge >= 0.3 is 0 Å². The first-order valence-electron chi connectivity index (χ1n) is 6.41. The van der Waals surface area contributed by atoms with Crippen molar-refractivity contribution in [3.8, 4) is 0 Å². The third-order valence-electron chi connectivity index (χ3n) is 2.66. The number of unbranched alkanes of at least 4 members (excludes halogenated alkanes) is 2. The maximum Gasteiger partial charge on any atom is 0.221 e. The molecule has 0 spiro atoms. The molecule has 0 unspecified atom stereocenters. The number of benzene rings is 1. The summed E-state index contributed by atoms with van der Waals surface area (Å²) in [5, 5.41) is 14.8. The molecule has 1 rings (SSSR count). The van der Waals surface area contributed by atoms with Gasteiger partial charge in [-0.2, -0.15) is 0 Å². The minimum Gasteiger partial charge on any atom is -0.396 e. The highest BCUT2D eigenvalue weighted by molar-refractivity contribution is 5.89. The van der Waals surface area contributed by atoms with Gasteiger partial charge in [0.2, 0.25) is 5.91 Å². The Kier molecular flexibility index (Phi) is 7.06. The highest BCUT2D eigenvalue weighted by atomic mass is 16.2. The van der Waals surface area contributed by atoms with Gasteiger partial charge in [-0.15, -0.1) is 0 Å². The van der Waals surface area contributed by atoms with E-state index in [0.29, 0.717) is 0 Å². The molecule has 3 N–H and O–H groups in total. The molecule has 0 aliphatic rings. The maximum absolute atomic E-state index is 11.1. The second-order valence-corrected chi connectivity index (χ2v) is 4.30. The molecule has 1 amide bonds. The SMILES string of the molecule is CC(=O)Nc1ccccc1CNCCCCCO. The number of aliphatic hydroxyl groups is 1. The molecule has 0 saturated heterocycles. The van der Waals surface area contributed by atoms with Gasteiger partial charge in [-0.25, -0.2) is 0 Å². The highest BCUT2D eigenvalue weighted by Gasteiger charge is 2.02. The lowest BCUT2D eigenvalue weighted by Gasteiger charge is -2.10. The molecule has 4 heteroatoms. The van der Waals surface area contributed by atoms with Crippen LogP contribution in [-0.2, 0) is 11.3 Å². The lowest BCUT2D eigenvalue weighted by Crippen LogP contribution is -2.17. The third-order valence-corrected chi connectivity index (χ3v) is 2.66. The van der Waals surface area contributed by atoms with Crippen molar-refractivity contribution in [3.05, 3.63) is 29.8 Å². The van der Waals surface area contributed by atoms with Crippen molar-refractivity contribution in [3.63, 3.8) is 0 Å². The highest BCUT2D eigenvalue weighted by Crippen LogP contribution is 2.14. The van der Waals surface area contributed by atoms with Crippen LogP contribution in [0, 0.1) is 0 Å². The number of carbonyl (C=O) groups excluding carboxylic acids is 1. The zero-order valence-electron chi connectivity index (χ0n) is 10.9. The van der Waals surface area contributed by atoms with E-state index < -0.39 is 0 Å². The minimum absolute atomic E-state index is 0.0506. The van der Waals surface area contributed by atoms with Crippen molar-refractivity contribution in [1.29, 1.82) is 0 Å². The molecule has 100 valence electrons. The summed E-state index contributed by atoms with van der Waals surface area (Å²) in [4.78, 5) is 11.1. The molecular weight excluding hydrogens is 228 g/mol. The molecule has 18 heavy (non-hydrogen) atoms. The number of amides is 1. The van der Waals surface area contributed by atoms with Crippen molar-refractivity contribution in [2.75, 3.05) is 18.5 Å². The summed E-state index contributed by atoms with van der Waals surface area (Å²) in [5.74, 6) is -0.0506. The van der Waals surface area contributed by atoms with E-state index in [1.54, 1.807) is 0 Å². The van der Waals surface area contributed by atoms with E-state index in [2.05, 4.69) is 10.6 Å². The molecule has 4 nitrogen and oxygen atoms in total. The van der Waals surface area contributed by atoms with Gasteiger partial charge in [-0.05, 0) is 37.4 Å². The standard InChI is InChI=1S/C14H22N2O2/c1-12(18)16-14-8-4-3-7-13(14)11-15-9-5-2-6-10-17/h3-4,7-8,15,17H,2,5-6,9-11H2,1H3,(H,16,18). The topological polar surface area (TPSA) is 61.4 Å². The number of aliphatic hydroxyl groups excluding tert-OH is 1. The average Bonchev–Trinajstić information content (AvgIpc) is 2.35. The van der Waals surface area contributed by atoms with E-state index in [-0.39, 0.29) is 12.5 Å². The molecule has 0 aromatic heterocycles. The summed E-state index contributed by atoms with van der Waals surface area (Å²) in [6, 6.07) is 7.79. The van der Waals surface area contributed by atoms with Crippen LogP contribution >= 0.6 is 0 Å². The largest absolute Gasteiger partial charge is 0.396 e. The zero-order chi connectivity index (χ0) is 13.2. The molecule has 0 heterocycles. The first-order chi connectivity index (χ1) is 8.74. The van der Waals surface area contributed by atoms with Gasteiger partial charge in [0.05, 0.1) is 0 Å². The van der Waals surface area contributed by atoms with Crippen LogP contribution < -0.4 is 10.6 Å². The van der Waals surface area contributed by atoms with E-state index in [0.717, 1.165) is 43.6 Å². The lowest BCUT2D eigenvalue weighted by molar-refractivity contribution is -0.114. The van der Waals surface area contributed by atoms with E-state index in [1.165, 1.54) is 6.92 Å². The second-order valence-electron chi connectivity index (χ2n) is 4.30. The molecule has 0 bridgehead atoms. The summed E-state index contributed by atoms with van der Waals surface area (Å²) in [6.07, 6.45) is 2.96. The smallest absolute Gasteiger partial charge is 0.221 e. The molecule has 0 saturated carbocycles. The number of rotatable bonds is 8. The molecule has 0 radical (unpaired) electrons. The fourth-order valence-electron chi connectivity index (χ4n) is 1.75. The summed E-state index contributed by atoms with van der Waals surface area (Å²) in [7, 11) is 0. The molecule has 1 aromatic rings. The summed E-state index contributed by atoms with van der Waals surface area (Å²) in [6.45, 7) is 3.45. The van der Waals surface area contributed by atoms with Crippen LogP contribution in [0.25, 0.3) is 0 Å². The van der Waals surface area contributed by atoms with E-state index in [1.807, 2.05) is 24.3 Å². The molecule has 0 aliphatic heterocycles. The normalized spacial score (nSPS) is 10.3. The molecule has 0 atom stereocenters. The van der Waals surface area contributed by atoms with Gasteiger partial charge in [0.25, 0.3) is 0 Å². The Morgan fingerprint density at radius 2 is 2.00 bits per heavy atom. The van der Waals surface area contributed by atoms with Gasteiger partial charge in [-0.1, -0.05) is 18.2 Å². The Morgan fingerprint density at radius 1 is 1.22 bits per heavy atom. The number of anilines is 1. The Morgan fingerprint density at radius 3 is 2.72 bits per heavy atom. The van der Waals surface area contributed by atoms with Crippen LogP contribution in [0.2, 0.25) is 0 Å². The van der Waals surface area contributed by atoms with Crippen molar-refractivity contribution in [2.24, 2.45) is 0 Å². The first kappa shape index (κ1) is 14.7. The zero-order valence-corrected chi connectivity index (χ0v) is 10.9. The van der Waals surface area contributed by atoms with Gasteiger partial charge in [-0.3, -0.25) is 4.79 Å². The fraction of sp³-hybridized carbons (Fsp3) is 0.500. The predicted molar refractivity (Wildman–Crippen MR) is 73.4 cm³/mol. The Labute approximate surface area is 108 Å². The number of carbonyl (C=O) groups is 1. The Hall–Kier alpha value is -1.39. The van der Waals surface area contributed by atoms with Crippen molar-refractivity contribution in [1.82, 2.24) is 5.32 Å². The summed E-state index contributed by atoms with van der Waals surface area (Å²) in [5.41, 5.74) is 1.96. The predicted octanol–water partition coefficient (Wildman–Crippen LogP) is 1.90. The van der Waals surface area contributed by atoms with Crippen LogP contribution in [0.15, 0.2) is 24.3 Å². The van der Waals surface area contributed by atoms with Gasteiger partial charge in [0.1, 0.15) is 0 Å². The lowest BCUT2D eigenvalue weighted by atomic mass is 10.1. The number of para-hydroxylation sites is 1. The van der Waals surface area contributed by atoms with Crippen molar-refractivity contribution >= 4 is 11.6 Å². The van der Waals surface area contributed by atoms with Crippen LogP contribution in [0.3, 0.4) is 0 Å². The molecule has 0 aliphatic carbocycles. The average molecular weight is 250 g/mol. The Bertz CT molecular complexity index is 367. The quantitative estimate of drug-likeness (QED) is 0.617. The first-order valence-corrected chi connectivity index (χ1v) is 6.41. The number of hydrogen-bond acceptors (Lipinski definition) is 3. The fourth-order valence-corrected chi connectivity index (χ4v) is 1.75. The van der Waals surface area contributed by atoms with Crippen molar-refractivity contribution in [2.45, 2.75) is 32.7 Å². The van der Waals surface area contributed by atoms with Gasteiger partial charge < -0.3 is 15.7 Å². The minimum atomic E-state index is -0.0506. The number of nitrogens with one attached hydrogen (secondary N) is 2. The maximum atomic E-state index is 11.1. The van der Waals surface area contributed by atoms with Gasteiger partial charge in [0, 0.05) is 25.8 Å². The summed E-state index contributed by atoms with van der Waals surface area (Å²) < 4.78 is 0. The monoisotopic (exact) mass is 250 g/mol. The van der Waals surface area contributed by atoms with Crippen LogP contribution in [0.1, 0.15) is 31.7 Å². The second kappa shape index (κ2) is 8.66. The molecular formula is C14H22N2O2. The molecule has 0 fully saturated rings. The Balaban J connectivity index is 2.34. The number of hydrogen-bond donors (Lipinski definition) is 3. The third kappa shape index (κ3) is 5.80. The van der Waals surface area contributed by atoms with E-state index in [9.17, 15) is 4.79 Å². The molecule has 1 aromatic carbocycles. The van der Waals surface area contributed by atoms with E-state index >= 15 is 0 Å². The van der Waals surface area contributed by atoms with Crippen LogP contribution in [0.4, 0.5) is 5.69 Å². The van der Waals surface area contributed by atoms with E-state index in [4.69, 9.17) is 5.11 Å². The van der Waals surface area contributed by atoms with Crippen molar-refractivity contribution < 1.29 is 9.90 Å².